The maximum Gasteiger partial charge on any atom is 0.0608 e. The van der Waals surface area contributed by atoms with Crippen LogP contribution in [0.25, 0.3) is 0 Å². The van der Waals surface area contributed by atoms with Gasteiger partial charge in [-0.15, -0.1) is 0 Å². The molecule has 0 aromatic heterocycles. The number of ether oxygens (including phenoxy) is 2. The van der Waals surface area contributed by atoms with Gasteiger partial charge in [0.1, 0.15) is 0 Å². The molecular weight excluding hydrogens is 416 g/mol. The molecule has 4 saturated carbocycles. The number of hydrogen-bond donors (Lipinski definition) is 0. The molecule has 0 bridgehead atoms. The molecule has 0 aromatic carbocycles. The van der Waals surface area contributed by atoms with Crippen molar-refractivity contribution in [2.24, 2.45) is 53.3 Å². The largest absolute Gasteiger partial charge is 0.378 e. The molecule has 1 aliphatic heterocycles. The summed E-state index contributed by atoms with van der Waals surface area (Å²) in [4.78, 5) is 0. The second-order valence-electron chi connectivity index (χ2n) is 13.8. The van der Waals surface area contributed by atoms with E-state index in [1.807, 2.05) is 0 Å². The first-order chi connectivity index (χ1) is 16.6. The van der Waals surface area contributed by atoms with Gasteiger partial charge in [-0.25, -0.2) is 0 Å². The van der Waals surface area contributed by atoms with Crippen LogP contribution in [0, 0.1) is 53.3 Å². The molecule has 0 N–H and O–H groups in total. The van der Waals surface area contributed by atoms with Gasteiger partial charge >= 0.3 is 0 Å². The minimum atomic E-state index is 0.411. The summed E-state index contributed by atoms with van der Waals surface area (Å²) >= 11 is 0. The number of fused-ring (bicyclic) bond motifs is 4. The third-order valence-electron chi connectivity index (χ3n) is 11.8. The Balaban J connectivity index is 1.38. The van der Waals surface area contributed by atoms with E-state index < -0.39 is 0 Å². The molecule has 9 unspecified atom stereocenters. The van der Waals surface area contributed by atoms with E-state index in [0.717, 1.165) is 60.6 Å². The zero-order valence-corrected chi connectivity index (χ0v) is 22.9. The SMILES string of the molecule is CC1CCC(C2COC(C)CCC3CCCCC3C(C)C3C(CCC4CCCCC43)OC2)CC1. The van der Waals surface area contributed by atoms with Crippen molar-refractivity contribution < 1.29 is 9.47 Å². The highest BCUT2D eigenvalue weighted by atomic mass is 16.5. The topological polar surface area (TPSA) is 18.5 Å². The lowest BCUT2D eigenvalue weighted by Crippen LogP contribution is -2.47. The Bertz CT molecular complexity index is 610. The Labute approximate surface area is 211 Å². The Morgan fingerprint density at radius 1 is 0.471 bits per heavy atom. The molecule has 2 heteroatoms. The van der Waals surface area contributed by atoms with Crippen molar-refractivity contribution in [3.05, 3.63) is 0 Å². The van der Waals surface area contributed by atoms with Gasteiger partial charge in [-0.3, -0.25) is 0 Å². The average Bonchev–Trinajstić information content (AvgIpc) is 2.88. The molecular formula is C32H56O2. The second-order valence-corrected chi connectivity index (χ2v) is 13.8. The average molecular weight is 473 g/mol. The third-order valence-corrected chi connectivity index (χ3v) is 11.8. The van der Waals surface area contributed by atoms with E-state index in [1.165, 1.54) is 103 Å². The van der Waals surface area contributed by atoms with Crippen molar-refractivity contribution in [3.8, 4) is 0 Å². The van der Waals surface area contributed by atoms with Gasteiger partial charge in [-0.05, 0) is 106 Å². The summed E-state index contributed by atoms with van der Waals surface area (Å²) in [5, 5.41) is 0. The van der Waals surface area contributed by atoms with Crippen LogP contribution in [-0.2, 0) is 9.47 Å². The van der Waals surface area contributed by atoms with E-state index >= 15 is 0 Å². The summed E-state index contributed by atoms with van der Waals surface area (Å²) in [7, 11) is 0. The normalized spacial score (nSPS) is 49.3. The van der Waals surface area contributed by atoms with Crippen molar-refractivity contribution in [1.29, 1.82) is 0 Å². The molecule has 5 fully saturated rings. The van der Waals surface area contributed by atoms with Gasteiger partial charge < -0.3 is 9.47 Å². The molecule has 4 aliphatic carbocycles. The minimum absolute atomic E-state index is 0.411. The Hall–Kier alpha value is -0.0800. The highest BCUT2D eigenvalue weighted by Crippen LogP contribution is 2.52. The Morgan fingerprint density at radius 2 is 1.06 bits per heavy atom. The molecule has 0 spiro atoms. The smallest absolute Gasteiger partial charge is 0.0608 e. The van der Waals surface area contributed by atoms with Crippen LogP contribution in [-0.4, -0.2) is 25.4 Å². The van der Waals surface area contributed by atoms with Crippen molar-refractivity contribution in [1.82, 2.24) is 0 Å². The molecule has 9 atom stereocenters. The fraction of sp³-hybridized carbons (Fsp3) is 1.00. The predicted molar refractivity (Wildman–Crippen MR) is 142 cm³/mol. The van der Waals surface area contributed by atoms with E-state index in [0.29, 0.717) is 18.1 Å². The maximum absolute atomic E-state index is 7.11. The van der Waals surface area contributed by atoms with Crippen LogP contribution in [0.3, 0.4) is 0 Å². The van der Waals surface area contributed by atoms with Gasteiger partial charge in [0.05, 0.1) is 25.4 Å². The highest BCUT2D eigenvalue weighted by Gasteiger charge is 2.47. The maximum atomic E-state index is 7.11. The first-order valence-corrected chi connectivity index (χ1v) is 15.8. The van der Waals surface area contributed by atoms with Gasteiger partial charge in [0, 0.05) is 5.92 Å². The molecule has 1 heterocycles. The first-order valence-electron chi connectivity index (χ1n) is 15.8. The molecule has 5 aliphatic rings. The molecule has 1 saturated heterocycles. The monoisotopic (exact) mass is 472 g/mol. The van der Waals surface area contributed by atoms with Crippen LogP contribution < -0.4 is 0 Å². The number of hydrogen-bond acceptors (Lipinski definition) is 2. The highest BCUT2D eigenvalue weighted by molar-refractivity contribution is 4.96. The van der Waals surface area contributed by atoms with E-state index in [-0.39, 0.29) is 0 Å². The molecule has 2 nitrogen and oxygen atoms in total. The molecule has 0 amide bonds. The second kappa shape index (κ2) is 12.0. The fourth-order valence-corrected chi connectivity index (χ4v) is 9.59. The van der Waals surface area contributed by atoms with Crippen molar-refractivity contribution in [2.75, 3.05) is 13.2 Å². The Morgan fingerprint density at radius 3 is 1.82 bits per heavy atom. The van der Waals surface area contributed by atoms with Gasteiger partial charge in [0.15, 0.2) is 0 Å². The third kappa shape index (κ3) is 5.90. The molecule has 34 heavy (non-hydrogen) atoms. The van der Waals surface area contributed by atoms with Crippen LogP contribution in [0.1, 0.15) is 124 Å². The number of rotatable bonds is 1. The lowest BCUT2D eigenvalue weighted by molar-refractivity contribution is -0.114. The quantitative estimate of drug-likeness (QED) is 0.380. The van der Waals surface area contributed by atoms with Crippen molar-refractivity contribution in [3.63, 3.8) is 0 Å². The van der Waals surface area contributed by atoms with Crippen LogP contribution in [0.4, 0.5) is 0 Å². The van der Waals surface area contributed by atoms with E-state index in [1.54, 1.807) is 0 Å². The summed E-state index contributed by atoms with van der Waals surface area (Å²) in [6, 6.07) is 0. The van der Waals surface area contributed by atoms with Crippen LogP contribution in [0.5, 0.6) is 0 Å². The van der Waals surface area contributed by atoms with Gasteiger partial charge in [0.25, 0.3) is 0 Å². The summed E-state index contributed by atoms with van der Waals surface area (Å²) < 4.78 is 13.7. The minimum Gasteiger partial charge on any atom is -0.378 e. The zero-order valence-electron chi connectivity index (χ0n) is 22.9. The fourth-order valence-electron chi connectivity index (χ4n) is 9.59. The first kappa shape index (κ1) is 25.6. The van der Waals surface area contributed by atoms with Crippen LogP contribution in [0.15, 0.2) is 0 Å². The molecule has 196 valence electrons. The van der Waals surface area contributed by atoms with Gasteiger partial charge in [-0.1, -0.05) is 65.2 Å². The zero-order chi connectivity index (χ0) is 23.5. The van der Waals surface area contributed by atoms with E-state index in [2.05, 4.69) is 20.8 Å². The van der Waals surface area contributed by atoms with Crippen molar-refractivity contribution in [2.45, 2.75) is 136 Å². The summed E-state index contributed by atoms with van der Waals surface area (Å²) in [6.07, 6.45) is 23.8. The molecule has 0 aromatic rings. The molecule has 0 radical (unpaired) electrons. The standard InChI is InChI=1S/C32H56O2/c1-22-12-15-25(16-13-22)28-20-33-23(2)14-17-26-8-4-6-10-29(26)24(3)32-30-11-7-5-9-27(30)18-19-31(32)34-21-28/h22-32H,4-21H2,1-3H3. The van der Waals surface area contributed by atoms with Crippen LogP contribution in [0.2, 0.25) is 0 Å². The summed E-state index contributed by atoms with van der Waals surface area (Å²) in [5.41, 5.74) is 0. The van der Waals surface area contributed by atoms with Gasteiger partial charge in [0.2, 0.25) is 0 Å². The van der Waals surface area contributed by atoms with E-state index in [9.17, 15) is 0 Å². The predicted octanol–water partition coefficient (Wildman–Crippen LogP) is 8.67. The Kier molecular flexibility index (Phi) is 9.01. The molecule has 5 rings (SSSR count). The summed E-state index contributed by atoms with van der Waals surface area (Å²) in [5.74, 6) is 7.79. The van der Waals surface area contributed by atoms with Crippen molar-refractivity contribution >= 4 is 0 Å². The summed E-state index contributed by atoms with van der Waals surface area (Å²) in [6.45, 7) is 9.39. The van der Waals surface area contributed by atoms with Crippen LogP contribution >= 0.6 is 0 Å². The lowest BCUT2D eigenvalue weighted by atomic mass is 9.57. The lowest BCUT2D eigenvalue weighted by Gasteiger charge is -2.51. The van der Waals surface area contributed by atoms with E-state index in [4.69, 9.17) is 9.47 Å². The van der Waals surface area contributed by atoms with Gasteiger partial charge in [-0.2, -0.15) is 0 Å².